The molecule has 1 aliphatic heterocycles. The number of hydrogen-bond donors (Lipinski definition) is 3. The largest absolute Gasteiger partial charge is 0.369 e. The molecule has 1 fully saturated rings. The lowest BCUT2D eigenvalue weighted by molar-refractivity contribution is -0.130. The molecular formula is C19H14N4O3S. The minimum absolute atomic E-state index is 0.0516. The highest BCUT2D eigenvalue weighted by atomic mass is 32.1. The Labute approximate surface area is 158 Å². The van der Waals surface area contributed by atoms with Crippen molar-refractivity contribution in [1.29, 1.82) is 0 Å². The van der Waals surface area contributed by atoms with Gasteiger partial charge < -0.3 is 16.2 Å². The summed E-state index contributed by atoms with van der Waals surface area (Å²) in [6.45, 7) is 0.400. The number of nitrogens with one attached hydrogen (secondary N) is 1. The number of hydrogen-bond acceptors (Lipinski definition) is 6. The topological polar surface area (TPSA) is 118 Å². The molecule has 7 nitrogen and oxygen atoms in total. The molecule has 3 heterocycles. The Kier molecular flexibility index (Phi) is 4.11. The lowest BCUT2D eigenvalue weighted by Gasteiger charge is -2.09. The number of rotatable bonds is 2. The predicted octanol–water partition coefficient (Wildman–Crippen LogP) is 1.06. The molecule has 3 aromatic rings. The van der Waals surface area contributed by atoms with Crippen molar-refractivity contribution in [3.8, 4) is 23.1 Å². The number of aromatic nitrogens is 2. The molecule has 0 bridgehead atoms. The molecule has 1 aliphatic rings. The molecule has 8 heteroatoms. The van der Waals surface area contributed by atoms with Crippen LogP contribution in [0, 0.1) is 11.8 Å². The fourth-order valence-corrected chi connectivity index (χ4v) is 3.67. The normalized spacial score (nSPS) is 18.8. The van der Waals surface area contributed by atoms with E-state index in [1.165, 1.54) is 11.3 Å². The van der Waals surface area contributed by atoms with Gasteiger partial charge in [-0.25, -0.2) is 9.97 Å². The van der Waals surface area contributed by atoms with Crippen molar-refractivity contribution in [3.05, 3.63) is 47.1 Å². The number of fused-ring (bicyclic) bond motifs is 1. The molecule has 2 amide bonds. The highest BCUT2D eigenvalue weighted by Gasteiger charge is 2.38. The van der Waals surface area contributed by atoms with Crippen molar-refractivity contribution in [3.63, 3.8) is 0 Å². The summed E-state index contributed by atoms with van der Waals surface area (Å²) < 4.78 is 0.832. The third kappa shape index (κ3) is 3.14. The number of thiophene rings is 1. The first kappa shape index (κ1) is 17.1. The molecule has 0 aliphatic carbocycles. The zero-order valence-corrected chi connectivity index (χ0v) is 14.8. The zero-order chi connectivity index (χ0) is 19.0. The van der Waals surface area contributed by atoms with E-state index in [1.807, 2.05) is 11.4 Å². The second kappa shape index (κ2) is 6.46. The van der Waals surface area contributed by atoms with Crippen LogP contribution in [-0.2, 0) is 4.79 Å². The van der Waals surface area contributed by atoms with Crippen molar-refractivity contribution in [2.75, 3.05) is 6.54 Å². The Morgan fingerprint density at radius 1 is 1.33 bits per heavy atom. The summed E-state index contributed by atoms with van der Waals surface area (Å²) in [7, 11) is 0. The molecular weight excluding hydrogens is 364 g/mol. The fourth-order valence-electron chi connectivity index (χ4n) is 2.83. The van der Waals surface area contributed by atoms with Gasteiger partial charge in [-0.2, -0.15) is 0 Å². The number of aliphatic hydroxyl groups is 1. The average molecular weight is 378 g/mol. The lowest BCUT2D eigenvalue weighted by Crippen LogP contribution is -2.36. The predicted molar refractivity (Wildman–Crippen MR) is 101 cm³/mol. The smallest absolute Gasteiger partial charge is 0.286 e. The van der Waals surface area contributed by atoms with E-state index in [2.05, 4.69) is 27.1 Å². The van der Waals surface area contributed by atoms with E-state index < -0.39 is 17.4 Å². The SMILES string of the molecule is NC(=O)c1nc(-c2cccc(C#C[C@]3(O)CCNC3=O)c2)c2sccc2n1. The van der Waals surface area contributed by atoms with Gasteiger partial charge in [0.05, 0.1) is 15.9 Å². The van der Waals surface area contributed by atoms with Crippen LogP contribution in [-0.4, -0.2) is 39.0 Å². The molecule has 27 heavy (non-hydrogen) atoms. The summed E-state index contributed by atoms with van der Waals surface area (Å²) in [5.41, 5.74) is 6.27. The maximum absolute atomic E-state index is 11.7. The summed E-state index contributed by atoms with van der Waals surface area (Å²) in [6, 6.07) is 9.00. The first-order chi connectivity index (χ1) is 13.0. The van der Waals surface area contributed by atoms with Gasteiger partial charge in [0, 0.05) is 24.1 Å². The number of amides is 2. The number of nitrogens with two attached hydrogens (primary N) is 1. The zero-order valence-electron chi connectivity index (χ0n) is 14.0. The molecule has 0 radical (unpaired) electrons. The lowest BCUT2D eigenvalue weighted by atomic mass is 10.0. The van der Waals surface area contributed by atoms with Crippen LogP contribution in [0.5, 0.6) is 0 Å². The van der Waals surface area contributed by atoms with Crippen LogP contribution in [0.3, 0.4) is 0 Å². The van der Waals surface area contributed by atoms with E-state index in [9.17, 15) is 14.7 Å². The van der Waals surface area contributed by atoms with Crippen molar-refractivity contribution in [1.82, 2.24) is 15.3 Å². The molecule has 1 saturated heterocycles. The van der Waals surface area contributed by atoms with Crippen LogP contribution in [0.4, 0.5) is 0 Å². The summed E-state index contributed by atoms with van der Waals surface area (Å²) in [6.07, 6.45) is 0.252. The maximum atomic E-state index is 11.7. The van der Waals surface area contributed by atoms with Crippen molar-refractivity contribution < 1.29 is 14.7 Å². The Morgan fingerprint density at radius 3 is 2.93 bits per heavy atom. The van der Waals surface area contributed by atoms with Crippen LogP contribution in [0.1, 0.15) is 22.6 Å². The fraction of sp³-hybridized carbons (Fsp3) is 0.158. The highest BCUT2D eigenvalue weighted by Crippen LogP contribution is 2.30. The standard InChI is InChI=1S/C19H14N4O3S/c20-16(24)17-22-13-5-9-27-15(13)14(23-17)12-3-1-2-11(10-12)4-6-19(26)7-8-21-18(19)25/h1-3,5,9-10,26H,7-8H2,(H2,20,24)(H,21,25)/t19-/m0/s1. The van der Waals surface area contributed by atoms with E-state index in [0.29, 0.717) is 23.3 Å². The molecule has 0 unspecified atom stereocenters. The van der Waals surface area contributed by atoms with Gasteiger partial charge in [-0.15, -0.1) is 11.3 Å². The minimum Gasteiger partial charge on any atom is -0.369 e. The van der Waals surface area contributed by atoms with Crippen LogP contribution < -0.4 is 11.1 Å². The van der Waals surface area contributed by atoms with E-state index in [4.69, 9.17) is 5.73 Å². The first-order valence-electron chi connectivity index (χ1n) is 8.16. The highest BCUT2D eigenvalue weighted by molar-refractivity contribution is 7.17. The van der Waals surface area contributed by atoms with Gasteiger partial charge in [-0.05, 0) is 23.6 Å². The second-order valence-corrected chi connectivity index (χ2v) is 7.01. The van der Waals surface area contributed by atoms with Crippen LogP contribution >= 0.6 is 11.3 Å². The number of nitrogens with zero attached hydrogens (tertiary/aromatic N) is 2. The van der Waals surface area contributed by atoms with Gasteiger partial charge in [0.2, 0.25) is 11.4 Å². The average Bonchev–Trinajstić information content (AvgIpc) is 3.26. The number of carbonyl (C=O) groups is 2. The summed E-state index contributed by atoms with van der Waals surface area (Å²) in [4.78, 5) is 31.7. The molecule has 0 saturated carbocycles. The van der Waals surface area contributed by atoms with Crippen LogP contribution in [0.25, 0.3) is 21.5 Å². The minimum atomic E-state index is -1.66. The Hall–Kier alpha value is -3.28. The van der Waals surface area contributed by atoms with Gasteiger partial charge >= 0.3 is 0 Å². The van der Waals surface area contributed by atoms with E-state index >= 15 is 0 Å². The third-order valence-electron chi connectivity index (χ3n) is 4.22. The van der Waals surface area contributed by atoms with E-state index in [0.717, 1.165) is 10.3 Å². The third-order valence-corrected chi connectivity index (χ3v) is 5.13. The molecule has 4 N–H and O–H groups in total. The second-order valence-electron chi connectivity index (χ2n) is 6.09. The van der Waals surface area contributed by atoms with Crippen LogP contribution in [0.2, 0.25) is 0 Å². The van der Waals surface area contributed by atoms with Crippen LogP contribution in [0.15, 0.2) is 35.7 Å². The number of benzene rings is 1. The molecule has 4 rings (SSSR count). The molecule has 2 aromatic heterocycles. The quantitative estimate of drug-likeness (QED) is 0.576. The molecule has 134 valence electrons. The summed E-state index contributed by atoms with van der Waals surface area (Å²) >= 11 is 1.46. The Bertz CT molecular complexity index is 1140. The van der Waals surface area contributed by atoms with Gasteiger partial charge in [0.25, 0.3) is 11.8 Å². The van der Waals surface area contributed by atoms with Crippen molar-refractivity contribution in [2.24, 2.45) is 5.73 Å². The molecule has 1 atom stereocenters. The van der Waals surface area contributed by atoms with Gasteiger partial charge in [-0.1, -0.05) is 24.0 Å². The van der Waals surface area contributed by atoms with Crippen molar-refractivity contribution >= 4 is 33.4 Å². The Balaban J connectivity index is 1.78. The molecule has 0 spiro atoms. The number of carbonyl (C=O) groups excluding carboxylic acids is 2. The van der Waals surface area contributed by atoms with Crippen molar-refractivity contribution in [2.45, 2.75) is 12.0 Å². The molecule has 1 aromatic carbocycles. The first-order valence-corrected chi connectivity index (χ1v) is 9.03. The summed E-state index contributed by atoms with van der Waals surface area (Å²) in [5.74, 6) is 4.28. The van der Waals surface area contributed by atoms with Gasteiger partial charge in [0.1, 0.15) is 0 Å². The van der Waals surface area contributed by atoms with Gasteiger partial charge in [0.15, 0.2) is 0 Å². The van der Waals surface area contributed by atoms with E-state index in [1.54, 1.807) is 24.3 Å². The van der Waals surface area contributed by atoms with E-state index in [-0.39, 0.29) is 12.2 Å². The Morgan fingerprint density at radius 2 is 2.19 bits per heavy atom. The monoisotopic (exact) mass is 378 g/mol. The summed E-state index contributed by atoms with van der Waals surface area (Å²) in [5, 5.41) is 14.7. The maximum Gasteiger partial charge on any atom is 0.286 e. The van der Waals surface area contributed by atoms with Gasteiger partial charge in [-0.3, -0.25) is 9.59 Å². The number of primary amides is 1.